The number of H-pyrrole nitrogens is 1. The molecule has 2 N–H and O–H groups in total. The van der Waals surface area contributed by atoms with Gasteiger partial charge in [-0.15, -0.1) is 0 Å². The first-order valence-electron chi connectivity index (χ1n) is 10.1. The molecule has 1 unspecified atom stereocenters. The summed E-state index contributed by atoms with van der Waals surface area (Å²) < 4.78 is 1.97. The van der Waals surface area contributed by atoms with E-state index in [1.165, 1.54) is 0 Å². The van der Waals surface area contributed by atoms with Crippen LogP contribution in [0.1, 0.15) is 29.2 Å². The van der Waals surface area contributed by atoms with Crippen LogP contribution in [-0.4, -0.2) is 33.2 Å². The maximum atomic E-state index is 13.0. The van der Waals surface area contributed by atoms with E-state index >= 15 is 0 Å². The summed E-state index contributed by atoms with van der Waals surface area (Å²) in [5, 5.41) is 11.6. The van der Waals surface area contributed by atoms with E-state index < -0.39 is 17.7 Å². The number of carbonyl (C=O) groups excluding carboxylic acids is 2. The summed E-state index contributed by atoms with van der Waals surface area (Å²) in [5.74, 6) is -1.44. The molecule has 4 rings (SSSR count). The molecule has 7 heteroatoms. The number of aryl methyl sites for hydroxylation is 2. The number of carbonyl (C=O) groups is 2. The van der Waals surface area contributed by atoms with Crippen molar-refractivity contribution >= 4 is 29.1 Å². The van der Waals surface area contributed by atoms with Crippen LogP contribution in [0, 0.1) is 6.92 Å². The SMILES string of the molecule is Cc1ccc(/C(O)=C2\C(=O)C(=O)N(CCC[n+]3cc[nH]c3)C2c2ccc(Cl)cc2)cc1. The molecule has 0 bridgehead atoms. The van der Waals surface area contributed by atoms with Crippen molar-refractivity contribution in [2.24, 2.45) is 0 Å². The van der Waals surface area contributed by atoms with Gasteiger partial charge in [0.25, 0.3) is 11.7 Å². The molecule has 1 fully saturated rings. The van der Waals surface area contributed by atoms with Gasteiger partial charge in [-0.1, -0.05) is 53.6 Å². The van der Waals surface area contributed by atoms with Crippen LogP contribution in [0.2, 0.25) is 5.02 Å². The molecule has 0 aliphatic carbocycles. The van der Waals surface area contributed by atoms with Crippen LogP contribution in [0.4, 0.5) is 0 Å². The molecule has 1 aliphatic heterocycles. The van der Waals surface area contributed by atoms with E-state index in [4.69, 9.17) is 11.6 Å². The number of Topliss-reactive ketones (excluding diaryl/α,β-unsaturated/α-hetero) is 1. The maximum absolute atomic E-state index is 13.0. The highest BCUT2D eigenvalue weighted by molar-refractivity contribution is 6.46. The highest BCUT2D eigenvalue weighted by Crippen LogP contribution is 2.39. The Hall–Kier alpha value is -3.38. The lowest BCUT2D eigenvalue weighted by molar-refractivity contribution is -0.695. The third-order valence-corrected chi connectivity index (χ3v) is 5.72. The van der Waals surface area contributed by atoms with E-state index in [0.29, 0.717) is 30.1 Å². The molecule has 0 spiro atoms. The van der Waals surface area contributed by atoms with Crippen molar-refractivity contribution in [2.75, 3.05) is 6.54 Å². The quantitative estimate of drug-likeness (QED) is 0.267. The number of hydrogen-bond donors (Lipinski definition) is 2. The number of aromatic nitrogens is 2. The molecule has 2 aromatic carbocycles. The summed E-state index contributed by atoms with van der Waals surface area (Å²) in [6.07, 6.45) is 6.22. The van der Waals surface area contributed by atoms with E-state index in [-0.39, 0.29) is 11.3 Å². The van der Waals surface area contributed by atoms with Crippen molar-refractivity contribution in [2.45, 2.75) is 25.9 Å². The van der Waals surface area contributed by atoms with Gasteiger partial charge in [0.2, 0.25) is 6.33 Å². The van der Waals surface area contributed by atoms with Gasteiger partial charge in [0.1, 0.15) is 18.2 Å². The summed E-state index contributed by atoms with van der Waals surface area (Å²) in [7, 11) is 0. The Morgan fingerprint density at radius 1 is 1.13 bits per heavy atom. The van der Waals surface area contributed by atoms with Crippen LogP contribution in [0.15, 0.2) is 72.8 Å². The van der Waals surface area contributed by atoms with Crippen molar-refractivity contribution < 1.29 is 19.3 Å². The minimum absolute atomic E-state index is 0.102. The number of rotatable bonds is 6. The van der Waals surface area contributed by atoms with E-state index in [1.807, 2.05) is 42.3 Å². The second-order valence-electron chi connectivity index (χ2n) is 7.61. The van der Waals surface area contributed by atoms with Crippen LogP contribution in [0.3, 0.4) is 0 Å². The number of imidazole rings is 1. The van der Waals surface area contributed by atoms with Crippen LogP contribution in [-0.2, 0) is 16.1 Å². The van der Waals surface area contributed by atoms with Gasteiger partial charge < -0.3 is 10.0 Å². The molecular weight excluding hydrogens is 414 g/mol. The van der Waals surface area contributed by atoms with Gasteiger partial charge in [-0.05, 0) is 24.6 Å². The molecule has 0 radical (unpaired) electrons. The normalized spacial score (nSPS) is 18.0. The van der Waals surface area contributed by atoms with Gasteiger partial charge in [0, 0.05) is 23.6 Å². The highest BCUT2D eigenvalue weighted by atomic mass is 35.5. The minimum Gasteiger partial charge on any atom is -0.507 e. The first-order chi connectivity index (χ1) is 15.0. The zero-order valence-electron chi connectivity index (χ0n) is 17.1. The third-order valence-electron chi connectivity index (χ3n) is 5.47. The number of likely N-dealkylation sites (tertiary alicyclic amines) is 1. The zero-order chi connectivity index (χ0) is 22.0. The fourth-order valence-corrected chi connectivity index (χ4v) is 3.98. The minimum atomic E-state index is -0.674. The van der Waals surface area contributed by atoms with E-state index in [1.54, 1.807) is 41.3 Å². The Morgan fingerprint density at radius 2 is 1.84 bits per heavy atom. The number of amides is 1. The van der Waals surface area contributed by atoms with Gasteiger partial charge in [0.15, 0.2) is 0 Å². The number of nitrogens with zero attached hydrogens (tertiary/aromatic N) is 2. The molecule has 1 aromatic heterocycles. The highest BCUT2D eigenvalue weighted by Gasteiger charge is 2.45. The second kappa shape index (κ2) is 8.78. The Morgan fingerprint density at radius 3 is 2.48 bits per heavy atom. The first-order valence-corrected chi connectivity index (χ1v) is 10.5. The third kappa shape index (κ3) is 4.25. The number of hydrogen-bond acceptors (Lipinski definition) is 3. The number of aromatic amines is 1. The molecule has 31 heavy (non-hydrogen) atoms. The average Bonchev–Trinajstić information content (AvgIpc) is 3.37. The monoisotopic (exact) mass is 436 g/mol. The van der Waals surface area contributed by atoms with Crippen LogP contribution >= 0.6 is 11.6 Å². The van der Waals surface area contributed by atoms with E-state index in [9.17, 15) is 14.7 Å². The summed E-state index contributed by atoms with van der Waals surface area (Å²) >= 11 is 6.05. The molecule has 0 saturated carbocycles. The van der Waals surface area contributed by atoms with Crippen molar-refractivity contribution in [1.82, 2.24) is 9.88 Å². The van der Waals surface area contributed by atoms with Crippen LogP contribution in [0.5, 0.6) is 0 Å². The molecule has 1 aliphatic rings. The number of benzene rings is 2. The van der Waals surface area contributed by atoms with E-state index in [0.717, 1.165) is 11.1 Å². The van der Waals surface area contributed by atoms with Crippen LogP contribution in [0.25, 0.3) is 5.76 Å². The van der Waals surface area contributed by atoms with Gasteiger partial charge in [-0.25, -0.2) is 4.57 Å². The fraction of sp³-hybridized carbons (Fsp3) is 0.208. The largest absolute Gasteiger partial charge is 0.507 e. The number of halogens is 1. The summed E-state index contributed by atoms with van der Waals surface area (Å²) in [6, 6.07) is 13.6. The number of aliphatic hydroxyl groups is 1. The van der Waals surface area contributed by atoms with Crippen molar-refractivity contribution in [3.8, 4) is 0 Å². The van der Waals surface area contributed by atoms with E-state index in [2.05, 4.69) is 4.98 Å². The van der Waals surface area contributed by atoms with Gasteiger partial charge >= 0.3 is 0 Å². The van der Waals surface area contributed by atoms with Crippen LogP contribution < -0.4 is 4.57 Å². The molecular formula is C24H23ClN3O3+. The molecule has 6 nitrogen and oxygen atoms in total. The van der Waals surface area contributed by atoms with Gasteiger partial charge in [0.05, 0.1) is 18.2 Å². The predicted molar refractivity (Wildman–Crippen MR) is 117 cm³/mol. The fourth-order valence-electron chi connectivity index (χ4n) is 3.85. The lowest BCUT2D eigenvalue weighted by Crippen LogP contribution is -2.36. The summed E-state index contributed by atoms with van der Waals surface area (Å²) in [6.45, 7) is 3.01. The number of ketones is 1. The summed E-state index contributed by atoms with van der Waals surface area (Å²) in [5.41, 5.74) is 2.37. The molecule has 1 amide bonds. The topological polar surface area (TPSA) is 77.3 Å². The van der Waals surface area contributed by atoms with Gasteiger partial charge in [-0.2, -0.15) is 0 Å². The lowest BCUT2D eigenvalue weighted by atomic mass is 9.95. The number of aliphatic hydroxyl groups excluding tert-OH is 1. The molecule has 3 aromatic rings. The molecule has 1 atom stereocenters. The van der Waals surface area contributed by atoms with Gasteiger partial charge in [-0.3, -0.25) is 14.6 Å². The molecule has 2 heterocycles. The summed E-state index contributed by atoms with van der Waals surface area (Å²) in [4.78, 5) is 30.5. The Kier molecular flexibility index (Phi) is 5.91. The Labute approximate surface area is 185 Å². The first kappa shape index (κ1) is 20.9. The Balaban J connectivity index is 1.72. The molecule has 158 valence electrons. The Bertz CT molecular complexity index is 1120. The molecule has 1 saturated heterocycles. The smallest absolute Gasteiger partial charge is 0.295 e. The van der Waals surface area contributed by atoms with Crippen molar-refractivity contribution in [3.05, 3.63) is 94.5 Å². The predicted octanol–water partition coefficient (Wildman–Crippen LogP) is 3.78. The zero-order valence-corrected chi connectivity index (χ0v) is 17.8. The van der Waals surface area contributed by atoms with Crippen molar-refractivity contribution in [1.29, 1.82) is 0 Å². The second-order valence-corrected chi connectivity index (χ2v) is 8.05. The number of nitrogens with one attached hydrogen (secondary N) is 1. The lowest BCUT2D eigenvalue weighted by Gasteiger charge is -2.25. The van der Waals surface area contributed by atoms with Crippen molar-refractivity contribution in [3.63, 3.8) is 0 Å². The maximum Gasteiger partial charge on any atom is 0.295 e. The average molecular weight is 437 g/mol. The standard InChI is InChI=1S/C24H22ClN3O3/c1-16-3-5-18(6-4-16)22(29)20-21(17-7-9-19(25)10-8-17)28(24(31)23(20)30)13-2-12-27-14-11-26-15-27/h3-11,14-15,21H,2,12-13H2,1H3,(H,29,30)/p+1.